The normalized spacial score (nSPS) is 24.0. The maximum atomic E-state index is 2.06. The summed E-state index contributed by atoms with van der Waals surface area (Å²) in [4.78, 5) is 0. The smallest absolute Gasteiger partial charge is 0.0136 e. The van der Waals surface area contributed by atoms with Gasteiger partial charge < -0.3 is 0 Å². The Morgan fingerprint density at radius 1 is 0.345 bits per heavy atom. The molecule has 0 radical (unpaired) electrons. The lowest BCUT2D eigenvalue weighted by molar-refractivity contribution is 0.672. The molecule has 4 fully saturated rings. The molecule has 2 heteroatoms. The maximum Gasteiger partial charge on any atom is -0.0136 e. The van der Waals surface area contributed by atoms with Gasteiger partial charge in [-0.1, -0.05) is 46.9 Å². The van der Waals surface area contributed by atoms with Gasteiger partial charge in [-0.25, -0.2) is 0 Å². The molecule has 0 bridgehead atoms. The molecule has 4 rings (SSSR count). The van der Waals surface area contributed by atoms with Crippen molar-refractivity contribution in [2.24, 2.45) is 0 Å². The minimum atomic E-state index is 0.163. The van der Waals surface area contributed by atoms with Crippen molar-refractivity contribution in [3.05, 3.63) is 0 Å². The van der Waals surface area contributed by atoms with Gasteiger partial charge in [0, 0.05) is 0 Å². The van der Waals surface area contributed by atoms with E-state index in [1.54, 1.807) is 18.7 Å². The highest BCUT2D eigenvalue weighted by molar-refractivity contribution is 7.61. The molecule has 0 aromatic carbocycles. The van der Waals surface area contributed by atoms with Gasteiger partial charge in [0.15, 0.2) is 0 Å². The fourth-order valence-electron chi connectivity index (χ4n) is 6.39. The average molecular weight is 433 g/mol. The molecule has 164 valence electrons. The molecule has 0 unspecified atom stereocenters. The van der Waals surface area contributed by atoms with Crippen LogP contribution in [0.15, 0.2) is 0 Å². The molecule has 4 aliphatic carbocycles. The summed E-state index contributed by atoms with van der Waals surface area (Å²) < 4.78 is 0. The molecular formula is C27H46P2. The van der Waals surface area contributed by atoms with E-state index in [9.17, 15) is 0 Å². The first-order chi connectivity index (χ1) is 14.4. The predicted molar refractivity (Wildman–Crippen MR) is 141 cm³/mol. The van der Waals surface area contributed by atoms with Gasteiger partial charge in [0.25, 0.3) is 0 Å². The fraction of sp³-hybridized carbons (Fsp3) is 0.852. The molecule has 0 saturated heterocycles. The highest BCUT2D eigenvalue weighted by Crippen LogP contribution is 2.35. The lowest BCUT2D eigenvalue weighted by Gasteiger charge is -2.23. The van der Waals surface area contributed by atoms with Crippen molar-refractivity contribution in [2.75, 3.05) is 12.3 Å². The van der Waals surface area contributed by atoms with E-state index in [0.717, 1.165) is 0 Å². The molecule has 0 aromatic rings. The van der Waals surface area contributed by atoms with Crippen LogP contribution in [-0.2, 0) is 0 Å². The van der Waals surface area contributed by atoms with Crippen LogP contribution >= 0.6 is 14.3 Å². The zero-order chi connectivity index (χ0) is 19.7. The Morgan fingerprint density at radius 3 is 0.828 bits per heavy atom. The van der Waals surface area contributed by atoms with Crippen LogP contribution in [0.3, 0.4) is 0 Å². The summed E-state index contributed by atoms with van der Waals surface area (Å²) in [5.74, 6) is 0. The largest absolute Gasteiger partial charge is 0.127 e. The third kappa shape index (κ3) is 6.53. The van der Waals surface area contributed by atoms with Gasteiger partial charge >= 0.3 is 0 Å². The van der Waals surface area contributed by atoms with Gasteiger partial charge in [-0.05, 0) is 121 Å². The van der Waals surface area contributed by atoms with E-state index in [4.69, 9.17) is 0 Å². The van der Waals surface area contributed by atoms with Crippen molar-refractivity contribution < 1.29 is 0 Å². The topological polar surface area (TPSA) is 0 Å². The minimum Gasteiger partial charge on any atom is -0.127 e. The monoisotopic (exact) mass is 432 g/mol. The van der Waals surface area contributed by atoms with Crippen molar-refractivity contribution in [3.8, 4) is 0 Å². The Balaban J connectivity index is 1.53. The summed E-state index contributed by atoms with van der Waals surface area (Å²) in [6.07, 6.45) is 34.8. The van der Waals surface area contributed by atoms with Gasteiger partial charge in [-0.2, -0.15) is 0 Å². The summed E-state index contributed by atoms with van der Waals surface area (Å²) in [6.45, 7) is 0. The highest BCUT2D eigenvalue weighted by atomic mass is 31.1. The van der Waals surface area contributed by atoms with Crippen molar-refractivity contribution >= 4 is 35.5 Å². The van der Waals surface area contributed by atoms with E-state index < -0.39 is 0 Å². The van der Waals surface area contributed by atoms with Crippen molar-refractivity contribution in [1.82, 2.24) is 0 Å². The minimum absolute atomic E-state index is 0.163. The van der Waals surface area contributed by atoms with E-state index in [2.05, 4.69) is 21.2 Å². The first-order valence-electron chi connectivity index (χ1n) is 13.4. The molecule has 0 atom stereocenters. The molecule has 0 N–H and O–H groups in total. The Morgan fingerprint density at radius 2 is 0.586 bits per heavy atom. The SMILES string of the molecule is C1CCC(=P(CCCP(=C2CCCCC2)=C2CCCCC2)=C2CCCCC2)CC1. The van der Waals surface area contributed by atoms with E-state index in [0.29, 0.717) is 0 Å². The standard InChI is InChI=1S/C27H46P2/c1-5-14-24(15-6-1)28(25-16-7-2-8-17-25)22-13-23-29(26-18-9-3-10-19-26)27-20-11-4-12-21-27/h1-23H2. The predicted octanol–water partition coefficient (Wildman–Crippen LogP) is 8.89. The molecule has 0 amide bonds. The van der Waals surface area contributed by atoms with Crippen LogP contribution in [0.25, 0.3) is 0 Å². The number of rotatable bonds is 4. The first kappa shape index (κ1) is 22.3. The molecule has 29 heavy (non-hydrogen) atoms. The molecule has 0 aliphatic heterocycles. The molecule has 4 saturated carbocycles. The lowest BCUT2D eigenvalue weighted by atomic mass is 10.0. The van der Waals surface area contributed by atoms with Crippen LogP contribution in [0.2, 0.25) is 0 Å². The zero-order valence-corrected chi connectivity index (χ0v) is 20.9. The molecule has 4 aliphatic rings. The van der Waals surface area contributed by atoms with E-state index in [1.165, 1.54) is 128 Å². The third-order valence-electron chi connectivity index (χ3n) is 8.01. The molecule has 0 spiro atoms. The van der Waals surface area contributed by atoms with Crippen molar-refractivity contribution in [1.29, 1.82) is 0 Å². The first-order valence-corrected chi connectivity index (χ1v) is 16.4. The Bertz CT molecular complexity index is 578. The second kappa shape index (κ2) is 12.2. The van der Waals surface area contributed by atoms with E-state index in [1.807, 2.05) is 0 Å². The maximum absolute atomic E-state index is 2.06. The van der Waals surface area contributed by atoms with Crippen LogP contribution in [0.5, 0.6) is 0 Å². The van der Waals surface area contributed by atoms with Gasteiger partial charge in [0.2, 0.25) is 0 Å². The van der Waals surface area contributed by atoms with Gasteiger partial charge in [0.05, 0.1) is 0 Å². The fourth-order valence-corrected chi connectivity index (χ4v) is 13.2. The second-order valence-corrected chi connectivity index (χ2v) is 15.3. The third-order valence-corrected chi connectivity index (χ3v) is 14.4. The summed E-state index contributed by atoms with van der Waals surface area (Å²) in [6, 6.07) is 0. The van der Waals surface area contributed by atoms with Crippen LogP contribution in [0.1, 0.15) is 135 Å². The lowest BCUT2D eigenvalue weighted by Crippen LogP contribution is -2.10. The van der Waals surface area contributed by atoms with Gasteiger partial charge in [-0.3, -0.25) is 0 Å². The van der Waals surface area contributed by atoms with Crippen LogP contribution in [-0.4, -0.2) is 33.5 Å². The number of hydrogen-bond donors (Lipinski definition) is 0. The van der Waals surface area contributed by atoms with Crippen molar-refractivity contribution in [2.45, 2.75) is 135 Å². The summed E-state index contributed by atoms with van der Waals surface area (Å²) in [7, 11) is 0.325. The van der Waals surface area contributed by atoms with Gasteiger partial charge in [0.1, 0.15) is 0 Å². The summed E-state index contributed by atoms with van der Waals surface area (Å²) >= 11 is 0. The molecule has 0 heterocycles. The van der Waals surface area contributed by atoms with Gasteiger partial charge in [-0.15, -0.1) is 14.3 Å². The zero-order valence-electron chi connectivity index (χ0n) is 19.2. The molecule has 0 aromatic heterocycles. The Kier molecular flexibility index (Phi) is 9.37. The van der Waals surface area contributed by atoms with E-state index in [-0.39, 0.29) is 14.3 Å². The molecular weight excluding hydrogens is 386 g/mol. The van der Waals surface area contributed by atoms with E-state index >= 15 is 0 Å². The molecule has 0 nitrogen and oxygen atoms in total. The summed E-state index contributed by atoms with van der Waals surface area (Å²) in [5, 5.41) is 8.23. The van der Waals surface area contributed by atoms with Crippen LogP contribution in [0, 0.1) is 0 Å². The number of hydrogen-bond acceptors (Lipinski definition) is 0. The summed E-state index contributed by atoms with van der Waals surface area (Å²) in [5.41, 5.74) is 0. The van der Waals surface area contributed by atoms with Crippen LogP contribution < -0.4 is 0 Å². The highest BCUT2D eigenvalue weighted by Gasteiger charge is 2.15. The van der Waals surface area contributed by atoms with Crippen LogP contribution in [0.4, 0.5) is 0 Å². The second-order valence-electron chi connectivity index (χ2n) is 10.2. The van der Waals surface area contributed by atoms with Crippen molar-refractivity contribution in [3.63, 3.8) is 0 Å². The Labute approximate surface area is 182 Å². The average Bonchev–Trinajstić information content (AvgIpc) is 2.81. The Hall–Kier alpha value is 0.0800. The quantitative estimate of drug-likeness (QED) is 0.389.